The van der Waals surface area contributed by atoms with Crippen molar-refractivity contribution in [1.29, 1.82) is 0 Å². The average molecular weight is 339 g/mol. The van der Waals surface area contributed by atoms with E-state index in [1.807, 2.05) is 19.1 Å². The number of fused-ring (bicyclic) bond motifs is 1. The maximum Gasteiger partial charge on any atom is 0.226 e. The molecule has 114 valence electrons. The molecule has 0 unspecified atom stereocenters. The largest absolute Gasteiger partial charge is 0.329 e. The minimum Gasteiger partial charge on any atom is -0.329 e. The van der Waals surface area contributed by atoms with Gasteiger partial charge in [0.15, 0.2) is 0 Å². The van der Waals surface area contributed by atoms with E-state index >= 15 is 0 Å². The Labute approximate surface area is 131 Å². The van der Waals surface area contributed by atoms with Crippen molar-refractivity contribution in [2.24, 2.45) is 0 Å². The highest BCUT2D eigenvalue weighted by atomic mass is 35.5. The van der Waals surface area contributed by atoms with Crippen LogP contribution in [-0.4, -0.2) is 18.4 Å². The predicted molar refractivity (Wildman–Crippen MR) is 83.1 cm³/mol. The molecule has 0 saturated heterocycles. The number of nitrogens with one attached hydrogen (secondary N) is 1. The normalized spacial score (nSPS) is 12.0. The summed E-state index contributed by atoms with van der Waals surface area (Å²) in [5.74, 6) is -0.851. The van der Waals surface area contributed by atoms with E-state index in [0.29, 0.717) is 16.6 Å². The first-order valence-corrected chi connectivity index (χ1v) is 8.52. The summed E-state index contributed by atoms with van der Waals surface area (Å²) in [7, 11) is -3.70. The summed E-state index contributed by atoms with van der Waals surface area (Å²) in [6, 6.07) is 9.08. The second kappa shape index (κ2) is 5.37. The number of para-hydroxylation sites is 1. The van der Waals surface area contributed by atoms with Gasteiger partial charge in [0.05, 0.1) is 16.8 Å². The smallest absolute Gasteiger partial charge is 0.226 e. The molecule has 0 fully saturated rings. The first-order valence-electron chi connectivity index (χ1n) is 6.49. The van der Waals surface area contributed by atoms with Gasteiger partial charge in [-0.1, -0.05) is 29.8 Å². The Kier molecular flexibility index (Phi) is 3.66. The van der Waals surface area contributed by atoms with Gasteiger partial charge in [-0.3, -0.25) is 0 Å². The van der Waals surface area contributed by atoms with Crippen molar-refractivity contribution >= 4 is 32.5 Å². The van der Waals surface area contributed by atoms with Gasteiger partial charge < -0.3 is 4.98 Å². The van der Waals surface area contributed by atoms with E-state index in [9.17, 15) is 12.8 Å². The third-order valence-corrected chi connectivity index (χ3v) is 5.17. The molecule has 3 aromatic rings. The minimum atomic E-state index is -3.70. The number of hydrogen-bond donors (Lipinski definition) is 1. The number of halogens is 2. The number of rotatable bonds is 3. The third-order valence-electron chi connectivity index (χ3n) is 3.35. The summed E-state index contributed by atoms with van der Waals surface area (Å²) in [5.41, 5.74) is 2.49. The molecule has 2 aromatic carbocycles. The van der Waals surface area contributed by atoms with Crippen LogP contribution in [0.25, 0.3) is 11.0 Å². The van der Waals surface area contributed by atoms with Gasteiger partial charge in [-0.15, -0.1) is 0 Å². The number of nitrogens with zero attached hydrogens (tertiary/aromatic N) is 1. The van der Waals surface area contributed by atoms with E-state index in [2.05, 4.69) is 9.97 Å². The number of hydrogen-bond acceptors (Lipinski definition) is 3. The lowest BCUT2D eigenvalue weighted by Crippen LogP contribution is -2.07. The van der Waals surface area contributed by atoms with Crippen LogP contribution in [0.2, 0.25) is 5.02 Å². The van der Waals surface area contributed by atoms with Crippen LogP contribution in [0, 0.1) is 12.7 Å². The van der Waals surface area contributed by atoms with Gasteiger partial charge in [-0.2, -0.15) is 0 Å². The predicted octanol–water partition coefficient (Wildman–Crippen LogP) is 3.64. The van der Waals surface area contributed by atoms with Gasteiger partial charge >= 0.3 is 0 Å². The quantitative estimate of drug-likeness (QED) is 0.793. The lowest BCUT2D eigenvalue weighted by atomic mass is 10.2. The fourth-order valence-corrected chi connectivity index (χ4v) is 3.82. The fraction of sp³-hybridized carbons (Fsp3) is 0.133. The van der Waals surface area contributed by atoms with Gasteiger partial charge in [0.25, 0.3) is 0 Å². The Morgan fingerprint density at radius 2 is 2.05 bits per heavy atom. The molecule has 1 heterocycles. The standard InChI is InChI=1S/C15H12ClFN2O2S/c1-9-3-2-4-13-14(9)19-15(18-13)22(20,21)8-10-5-6-11(17)7-12(10)16/h2-7H,8H2,1H3,(H,18,19). The number of aromatic nitrogens is 2. The van der Waals surface area contributed by atoms with E-state index in [1.54, 1.807) is 6.07 Å². The highest BCUT2D eigenvalue weighted by Gasteiger charge is 2.21. The molecule has 7 heteroatoms. The van der Waals surface area contributed by atoms with Crippen LogP contribution < -0.4 is 0 Å². The molecule has 0 atom stereocenters. The van der Waals surface area contributed by atoms with Gasteiger partial charge in [-0.05, 0) is 36.2 Å². The monoisotopic (exact) mass is 338 g/mol. The molecule has 0 aliphatic carbocycles. The third kappa shape index (κ3) is 2.71. The molecule has 0 bridgehead atoms. The Hall–Kier alpha value is -1.92. The molecule has 0 spiro atoms. The van der Waals surface area contributed by atoms with Crippen molar-refractivity contribution < 1.29 is 12.8 Å². The summed E-state index contributed by atoms with van der Waals surface area (Å²) < 4.78 is 38.0. The lowest BCUT2D eigenvalue weighted by molar-refractivity contribution is 0.588. The summed E-state index contributed by atoms with van der Waals surface area (Å²) in [6.07, 6.45) is 0. The molecule has 0 amide bonds. The second-order valence-corrected chi connectivity index (χ2v) is 7.32. The average Bonchev–Trinajstić information content (AvgIpc) is 2.88. The Morgan fingerprint density at radius 1 is 1.27 bits per heavy atom. The molecule has 0 saturated carbocycles. The van der Waals surface area contributed by atoms with E-state index in [1.165, 1.54) is 12.1 Å². The van der Waals surface area contributed by atoms with Crippen LogP contribution in [0.5, 0.6) is 0 Å². The van der Waals surface area contributed by atoms with E-state index in [4.69, 9.17) is 11.6 Å². The topological polar surface area (TPSA) is 62.8 Å². The number of H-pyrrole nitrogens is 1. The van der Waals surface area contributed by atoms with Gasteiger partial charge in [0.2, 0.25) is 15.0 Å². The van der Waals surface area contributed by atoms with E-state index < -0.39 is 15.7 Å². The molecule has 4 nitrogen and oxygen atoms in total. The van der Waals surface area contributed by atoms with Crippen LogP contribution in [0.4, 0.5) is 4.39 Å². The minimum absolute atomic E-state index is 0.0795. The van der Waals surface area contributed by atoms with Crippen molar-refractivity contribution in [3.63, 3.8) is 0 Å². The maximum absolute atomic E-state index is 13.0. The van der Waals surface area contributed by atoms with Crippen molar-refractivity contribution in [3.8, 4) is 0 Å². The molecular weight excluding hydrogens is 327 g/mol. The van der Waals surface area contributed by atoms with Crippen molar-refractivity contribution in [2.45, 2.75) is 17.8 Å². The molecular formula is C15H12ClFN2O2S. The number of sulfone groups is 1. The first kappa shape index (κ1) is 15.0. The summed E-state index contributed by atoms with van der Waals surface area (Å²) >= 11 is 5.89. The fourth-order valence-electron chi connectivity index (χ4n) is 2.21. The molecule has 0 aliphatic heterocycles. The van der Waals surface area contributed by atoms with Gasteiger partial charge in [0, 0.05) is 5.02 Å². The first-order chi connectivity index (χ1) is 10.4. The number of benzene rings is 2. The number of imidazole rings is 1. The lowest BCUT2D eigenvalue weighted by Gasteiger charge is -2.04. The second-order valence-electron chi connectivity index (χ2n) is 5.01. The zero-order valence-electron chi connectivity index (χ0n) is 11.6. The molecule has 0 aliphatic rings. The van der Waals surface area contributed by atoms with Crippen molar-refractivity contribution in [3.05, 3.63) is 58.4 Å². The van der Waals surface area contributed by atoms with Crippen molar-refractivity contribution in [2.75, 3.05) is 0 Å². The van der Waals surface area contributed by atoms with Gasteiger partial charge in [-0.25, -0.2) is 17.8 Å². The Morgan fingerprint density at radius 3 is 2.73 bits per heavy atom. The van der Waals surface area contributed by atoms with E-state index in [0.717, 1.165) is 11.6 Å². The zero-order chi connectivity index (χ0) is 15.9. The molecule has 3 rings (SSSR count). The molecule has 22 heavy (non-hydrogen) atoms. The van der Waals surface area contributed by atoms with Crippen LogP contribution in [0.15, 0.2) is 41.6 Å². The summed E-state index contributed by atoms with van der Waals surface area (Å²) in [5, 5.41) is -0.0342. The molecule has 1 N–H and O–H groups in total. The number of aryl methyl sites for hydroxylation is 1. The van der Waals surface area contributed by atoms with Crippen molar-refractivity contribution in [1.82, 2.24) is 9.97 Å². The SMILES string of the molecule is Cc1cccc2[nH]c(S(=O)(=O)Cc3ccc(F)cc3Cl)nc12. The Bertz CT molecular complexity index is 967. The van der Waals surface area contributed by atoms with Crippen LogP contribution in [-0.2, 0) is 15.6 Å². The Balaban J connectivity index is 2.02. The highest BCUT2D eigenvalue weighted by molar-refractivity contribution is 7.90. The van der Waals surface area contributed by atoms with E-state index in [-0.39, 0.29) is 15.9 Å². The molecule has 1 aromatic heterocycles. The number of aromatic amines is 1. The van der Waals surface area contributed by atoms with Gasteiger partial charge in [0.1, 0.15) is 5.82 Å². The van der Waals surface area contributed by atoms with Crippen LogP contribution in [0.3, 0.4) is 0 Å². The molecule has 0 radical (unpaired) electrons. The van der Waals surface area contributed by atoms with Crippen LogP contribution in [0.1, 0.15) is 11.1 Å². The zero-order valence-corrected chi connectivity index (χ0v) is 13.2. The maximum atomic E-state index is 13.0. The summed E-state index contributed by atoms with van der Waals surface area (Å²) in [4.78, 5) is 6.98. The highest BCUT2D eigenvalue weighted by Crippen LogP contribution is 2.24. The van der Waals surface area contributed by atoms with Crippen LogP contribution >= 0.6 is 11.6 Å². The summed E-state index contributed by atoms with van der Waals surface area (Å²) in [6.45, 7) is 1.86.